The van der Waals surface area contributed by atoms with E-state index < -0.39 is 0 Å². The molecule has 1 aromatic carbocycles. The van der Waals surface area contributed by atoms with Crippen molar-refractivity contribution in [2.75, 3.05) is 26.2 Å². The molecular formula is C19H28N4O2. The molecule has 0 spiro atoms. The average Bonchev–Trinajstić information content (AvgIpc) is 3.13. The molecule has 0 aliphatic heterocycles. The van der Waals surface area contributed by atoms with Crippen LogP contribution in [0, 0.1) is 0 Å². The van der Waals surface area contributed by atoms with E-state index in [2.05, 4.69) is 29.0 Å². The van der Waals surface area contributed by atoms with E-state index in [9.17, 15) is 4.79 Å². The van der Waals surface area contributed by atoms with Crippen molar-refractivity contribution in [1.29, 1.82) is 0 Å². The van der Waals surface area contributed by atoms with E-state index in [0.717, 1.165) is 31.6 Å². The normalized spacial score (nSPS) is 12.3. The Kier molecular flexibility index (Phi) is 7.63. The Morgan fingerprint density at radius 2 is 2.00 bits per heavy atom. The van der Waals surface area contributed by atoms with Crippen molar-refractivity contribution in [2.24, 2.45) is 5.73 Å². The molecule has 0 aliphatic rings. The fourth-order valence-electron chi connectivity index (χ4n) is 2.65. The van der Waals surface area contributed by atoms with Crippen molar-refractivity contribution in [3.8, 4) is 0 Å². The van der Waals surface area contributed by atoms with Crippen LogP contribution in [0.25, 0.3) is 0 Å². The summed E-state index contributed by atoms with van der Waals surface area (Å²) >= 11 is 0. The number of carbonyl (C=O) groups excluding carboxylic acids is 1. The lowest BCUT2D eigenvalue weighted by atomic mass is 10.1. The van der Waals surface area contributed by atoms with Crippen molar-refractivity contribution in [3.05, 3.63) is 53.7 Å². The third-order valence-corrected chi connectivity index (χ3v) is 4.20. The molecule has 1 aromatic heterocycles. The van der Waals surface area contributed by atoms with Gasteiger partial charge in [-0.3, -0.25) is 4.79 Å². The van der Waals surface area contributed by atoms with Gasteiger partial charge in [0, 0.05) is 6.54 Å². The Bertz CT molecular complexity index is 638. The Morgan fingerprint density at radius 3 is 2.68 bits per heavy atom. The van der Waals surface area contributed by atoms with Crippen molar-refractivity contribution in [2.45, 2.75) is 32.7 Å². The van der Waals surface area contributed by atoms with E-state index in [1.807, 2.05) is 30.3 Å². The summed E-state index contributed by atoms with van der Waals surface area (Å²) < 4.78 is 5.39. The van der Waals surface area contributed by atoms with Gasteiger partial charge in [0.25, 0.3) is 5.91 Å². The quantitative estimate of drug-likeness (QED) is 0.647. The van der Waals surface area contributed by atoms with Crippen molar-refractivity contribution in [3.63, 3.8) is 0 Å². The number of nitrogens with zero attached hydrogens (tertiary/aromatic N) is 2. The molecule has 0 fully saturated rings. The number of nitrogens with two attached hydrogens (primary N) is 1. The summed E-state index contributed by atoms with van der Waals surface area (Å²) in [6, 6.07) is 9.54. The van der Waals surface area contributed by atoms with Crippen LogP contribution in [0.5, 0.6) is 0 Å². The Morgan fingerprint density at radius 1 is 1.28 bits per heavy atom. The van der Waals surface area contributed by atoms with Gasteiger partial charge < -0.3 is 20.4 Å². The first-order valence-corrected chi connectivity index (χ1v) is 8.89. The van der Waals surface area contributed by atoms with Gasteiger partial charge in [0.05, 0.1) is 6.04 Å². The number of hydrogen-bond donors (Lipinski definition) is 2. The van der Waals surface area contributed by atoms with Gasteiger partial charge >= 0.3 is 0 Å². The summed E-state index contributed by atoms with van der Waals surface area (Å²) in [6.45, 7) is 7.91. The van der Waals surface area contributed by atoms with Gasteiger partial charge in [-0.25, -0.2) is 4.98 Å². The highest BCUT2D eigenvalue weighted by atomic mass is 16.3. The molecule has 0 radical (unpaired) electrons. The topological polar surface area (TPSA) is 84.4 Å². The van der Waals surface area contributed by atoms with Gasteiger partial charge in [0.2, 0.25) is 5.89 Å². The predicted molar refractivity (Wildman–Crippen MR) is 98.3 cm³/mol. The molecule has 1 unspecified atom stereocenters. The molecule has 0 bridgehead atoms. The van der Waals surface area contributed by atoms with Crippen molar-refractivity contribution < 1.29 is 9.21 Å². The zero-order valence-electron chi connectivity index (χ0n) is 15.1. The van der Waals surface area contributed by atoms with Gasteiger partial charge in [-0.05, 0) is 38.0 Å². The minimum Gasteiger partial charge on any atom is -0.446 e. The number of nitrogens with one attached hydrogen (secondary N) is 1. The standard InChI is InChI=1S/C19H28N4O2/c1-3-23(4-2)12-8-11-21-18(24)17-14-25-19(22-17)16(20)13-15-9-6-5-7-10-15/h5-7,9-10,14,16H,3-4,8,11-13,20H2,1-2H3,(H,21,24). The number of aromatic nitrogens is 1. The van der Waals surface area contributed by atoms with Crippen LogP contribution >= 0.6 is 0 Å². The van der Waals surface area contributed by atoms with E-state index in [-0.39, 0.29) is 17.6 Å². The minimum absolute atomic E-state index is 0.221. The van der Waals surface area contributed by atoms with E-state index in [1.165, 1.54) is 6.26 Å². The fraction of sp³-hybridized carbons (Fsp3) is 0.474. The number of oxazole rings is 1. The SMILES string of the molecule is CCN(CC)CCCNC(=O)c1coc(C(N)Cc2ccccc2)n1. The zero-order valence-corrected chi connectivity index (χ0v) is 15.1. The maximum atomic E-state index is 12.1. The maximum Gasteiger partial charge on any atom is 0.273 e. The van der Waals surface area contributed by atoms with Crippen LogP contribution < -0.4 is 11.1 Å². The molecule has 3 N–H and O–H groups in total. The molecule has 0 saturated heterocycles. The lowest BCUT2D eigenvalue weighted by molar-refractivity contribution is 0.0947. The lowest BCUT2D eigenvalue weighted by Crippen LogP contribution is -2.30. The highest BCUT2D eigenvalue weighted by molar-refractivity contribution is 5.91. The zero-order chi connectivity index (χ0) is 18.1. The third-order valence-electron chi connectivity index (χ3n) is 4.20. The van der Waals surface area contributed by atoms with Crippen LogP contribution in [0.1, 0.15) is 48.3 Å². The maximum absolute atomic E-state index is 12.1. The Balaban J connectivity index is 1.80. The smallest absolute Gasteiger partial charge is 0.273 e. The predicted octanol–water partition coefficient (Wildman–Crippen LogP) is 2.38. The fourth-order valence-corrected chi connectivity index (χ4v) is 2.65. The van der Waals surface area contributed by atoms with Gasteiger partial charge in [-0.1, -0.05) is 44.2 Å². The summed E-state index contributed by atoms with van der Waals surface area (Å²) in [4.78, 5) is 18.7. The summed E-state index contributed by atoms with van der Waals surface area (Å²) in [6.07, 6.45) is 2.90. The third kappa shape index (κ3) is 5.99. The number of rotatable bonds is 10. The van der Waals surface area contributed by atoms with Gasteiger partial charge in [0.15, 0.2) is 5.69 Å². The molecule has 0 aliphatic carbocycles. The van der Waals surface area contributed by atoms with Crippen LogP contribution in [0.15, 0.2) is 41.0 Å². The minimum atomic E-state index is -0.369. The number of carbonyl (C=O) groups is 1. The van der Waals surface area contributed by atoms with Crippen LogP contribution in [-0.2, 0) is 6.42 Å². The highest BCUT2D eigenvalue weighted by Gasteiger charge is 2.17. The molecule has 6 nitrogen and oxygen atoms in total. The molecule has 25 heavy (non-hydrogen) atoms. The van der Waals surface area contributed by atoms with Crippen LogP contribution in [0.4, 0.5) is 0 Å². The highest BCUT2D eigenvalue weighted by Crippen LogP contribution is 2.15. The summed E-state index contributed by atoms with van der Waals surface area (Å²) in [5.41, 5.74) is 7.52. The monoisotopic (exact) mass is 344 g/mol. The van der Waals surface area contributed by atoms with E-state index in [4.69, 9.17) is 10.2 Å². The molecule has 0 saturated carbocycles. The molecule has 136 valence electrons. The van der Waals surface area contributed by atoms with Crippen LogP contribution in [-0.4, -0.2) is 42.0 Å². The Labute approximate surface area is 149 Å². The summed E-state index contributed by atoms with van der Waals surface area (Å²) in [5.74, 6) is 0.165. The van der Waals surface area contributed by atoms with Gasteiger partial charge in [0.1, 0.15) is 6.26 Å². The molecular weight excluding hydrogens is 316 g/mol. The lowest BCUT2D eigenvalue weighted by Gasteiger charge is -2.17. The molecule has 1 amide bonds. The first-order valence-electron chi connectivity index (χ1n) is 8.89. The number of hydrogen-bond acceptors (Lipinski definition) is 5. The van der Waals surface area contributed by atoms with E-state index in [1.54, 1.807) is 0 Å². The van der Waals surface area contributed by atoms with Gasteiger partial charge in [-0.2, -0.15) is 0 Å². The van der Waals surface area contributed by atoms with Crippen LogP contribution in [0.2, 0.25) is 0 Å². The van der Waals surface area contributed by atoms with E-state index >= 15 is 0 Å². The second-order valence-electron chi connectivity index (χ2n) is 6.00. The average molecular weight is 344 g/mol. The van der Waals surface area contributed by atoms with Crippen molar-refractivity contribution >= 4 is 5.91 Å². The largest absolute Gasteiger partial charge is 0.446 e. The first kappa shape index (κ1) is 19.1. The van der Waals surface area contributed by atoms with Crippen LogP contribution in [0.3, 0.4) is 0 Å². The first-order chi connectivity index (χ1) is 12.1. The molecule has 2 rings (SSSR count). The second kappa shape index (κ2) is 9.96. The van der Waals surface area contributed by atoms with Gasteiger partial charge in [-0.15, -0.1) is 0 Å². The molecule has 1 atom stereocenters. The van der Waals surface area contributed by atoms with E-state index in [0.29, 0.717) is 18.9 Å². The molecule has 6 heteroatoms. The Hall–Kier alpha value is -2.18. The van der Waals surface area contributed by atoms with Crippen molar-refractivity contribution in [1.82, 2.24) is 15.2 Å². The molecule has 2 aromatic rings. The second-order valence-corrected chi connectivity index (χ2v) is 6.00. The summed E-state index contributed by atoms with van der Waals surface area (Å²) in [7, 11) is 0. The summed E-state index contributed by atoms with van der Waals surface area (Å²) in [5, 5.41) is 2.88. The molecule has 1 heterocycles. The number of benzene rings is 1. The number of amides is 1.